The zero-order valence-electron chi connectivity index (χ0n) is 18.9. The van der Waals surface area contributed by atoms with Crippen LogP contribution < -0.4 is 5.56 Å². The minimum Gasteiger partial charge on any atom is -0.383 e. The van der Waals surface area contributed by atoms with E-state index in [1.54, 1.807) is 42.3 Å². The Bertz CT molecular complexity index is 1110. The lowest BCUT2D eigenvalue weighted by Crippen LogP contribution is -2.40. The normalized spacial score (nSPS) is 12.1. The van der Waals surface area contributed by atoms with Crippen LogP contribution in [0.1, 0.15) is 51.4 Å². The topological polar surface area (TPSA) is 64.4 Å². The SMILES string of the molecule is CCCCC(=O)N(CCOC)C(CC)c1nc2ccccc2c(=O)n1-c1ccc(F)cc1. The quantitative estimate of drug-likeness (QED) is 0.462. The number of rotatable bonds is 10. The standard InChI is InChI=1S/C25H30FN3O3/c1-4-6-11-23(30)28(16-17-32-3)22(5-2)24-27-21-10-8-7-9-20(21)25(31)29(24)19-14-12-18(26)13-15-19/h7-10,12-15,22H,4-6,11,16-17H2,1-3H3. The fraction of sp³-hybridized carbons (Fsp3) is 0.400. The third-order valence-electron chi connectivity index (χ3n) is 5.55. The van der Waals surface area contributed by atoms with E-state index < -0.39 is 6.04 Å². The molecule has 1 atom stereocenters. The Balaban J connectivity index is 2.22. The van der Waals surface area contributed by atoms with Crippen LogP contribution in [0.3, 0.4) is 0 Å². The molecule has 0 fully saturated rings. The number of unbranched alkanes of at least 4 members (excludes halogenated alkanes) is 1. The van der Waals surface area contributed by atoms with E-state index in [-0.39, 0.29) is 17.3 Å². The first-order valence-electron chi connectivity index (χ1n) is 11.1. The highest BCUT2D eigenvalue weighted by atomic mass is 19.1. The maximum absolute atomic E-state index is 13.6. The van der Waals surface area contributed by atoms with Crippen LogP contribution in [0, 0.1) is 5.82 Å². The number of ether oxygens (including phenoxy) is 1. The molecule has 32 heavy (non-hydrogen) atoms. The van der Waals surface area contributed by atoms with E-state index >= 15 is 0 Å². The van der Waals surface area contributed by atoms with E-state index in [9.17, 15) is 14.0 Å². The Morgan fingerprint density at radius 1 is 1.16 bits per heavy atom. The van der Waals surface area contributed by atoms with Crippen molar-refractivity contribution >= 4 is 16.8 Å². The summed E-state index contributed by atoms with van der Waals surface area (Å²) in [7, 11) is 1.60. The molecule has 170 valence electrons. The number of carbonyl (C=O) groups excluding carboxylic acids is 1. The maximum atomic E-state index is 13.6. The second-order valence-corrected chi connectivity index (χ2v) is 7.71. The van der Waals surface area contributed by atoms with Gasteiger partial charge in [-0.2, -0.15) is 0 Å². The zero-order chi connectivity index (χ0) is 23.1. The molecular weight excluding hydrogens is 409 g/mol. The summed E-state index contributed by atoms with van der Waals surface area (Å²) in [6.45, 7) is 4.78. The zero-order valence-corrected chi connectivity index (χ0v) is 18.9. The molecule has 0 saturated heterocycles. The molecular formula is C25H30FN3O3. The molecule has 1 amide bonds. The summed E-state index contributed by atoms with van der Waals surface area (Å²) in [5.41, 5.74) is 0.830. The molecule has 0 bridgehead atoms. The molecule has 0 aliphatic heterocycles. The minimum atomic E-state index is -0.433. The van der Waals surface area contributed by atoms with Gasteiger partial charge in [0.25, 0.3) is 5.56 Å². The van der Waals surface area contributed by atoms with E-state index in [1.165, 1.54) is 16.7 Å². The number of para-hydroxylation sites is 1. The summed E-state index contributed by atoms with van der Waals surface area (Å²) in [6, 6.07) is 12.5. The first-order valence-corrected chi connectivity index (χ1v) is 11.1. The molecule has 0 aliphatic carbocycles. The highest BCUT2D eigenvalue weighted by Gasteiger charge is 2.28. The van der Waals surface area contributed by atoms with Crippen molar-refractivity contribution in [2.24, 2.45) is 0 Å². The van der Waals surface area contributed by atoms with Gasteiger partial charge in [-0.3, -0.25) is 14.2 Å². The highest BCUT2D eigenvalue weighted by molar-refractivity contribution is 5.79. The number of amides is 1. The molecule has 3 rings (SSSR count). The van der Waals surface area contributed by atoms with Crippen LogP contribution in [0.4, 0.5) is 4.39 Å². The van der Waals surface area contributed by atoms with Gasteiger partial charge in [-0.15, -0.1) is 0 Å². The van der Waals surface area contributed by atoms with Gasteiger partial charge >= 0.3 is 0 Å². The summed E-state index contributed by atoms with van der Waals surface area (Å²) < 4.78 is 20.4. The molecule has 7 heteroatoms. The monoisotopic (exact) mass is 439 g/mol. The molecule has 0 N–H and O–H groups in total. The second-order valence-electron chi connectivity index (χ2n) is 7.71. The van der Waals surface area contributed by atoms with Gasteiger partial charge in [-0.25, -0.2) is 9.37 Å². The van der Waals surface area contributed by atoms with Crippen LogP contribution in [-0.4, -0.2) is 40.6 Å². The van der Waals surface area contributed by atoms with Crippen LogP contribution in [0.15, 0.2) is 53.3 Å². The average Bonchev–Trinajstić information content (AvgIpc) is 2.81. The molecule has 0 spiro atoms. The third-order valence-corrected chi connectivity index (χ3v) is 5.55. The van der Waals surface area contributed by atoms with Crippen molar-refractivity contribution in [3.8, 4) is 5.69 Å². The number of methoxy groups -OCH3 is 1. The number of carbonyl (C=O) groups is 1. The number of halogens is 1. The van der Waals surface area contributed by atoms with Crippen LogP contribution in [0.25, 0.3) is 16.6 Å². The number of aromatic nitrogens is 2. The lowest BCUT2D eigenvalue weighted by atomic mass is 10.1. The second kappa shape index (κ2) is 11.0. The van der Waals surface area contributed by atoms with E-state index in [4.69, 9.17) is 9.72 Å². The molecule has 1 unspecified atom stereocenters. The van der Waals surface area contributed by atoms with E-state index in [2.05, 4.69) is 0 Å². The van der Waals surface area contributed by atoms with Crippen molar-refractivity contribution in [2.75, 3.05) is 20.3 Å². The van der Waals surface area contributed by atoms with Gasteiger partial charge in [-0.1, -0.05) is 32.4 Å². The van der Waals surface area contributed by atoms with Crippen molar-refractivity contribution in [3.63, 3.8) is 0 Å². The Labute approximate surface area is 187 Å². The fourth-order valence-corrected chi connectivity index (χ4v) is 3.87. The van der Waals surface area contributed by atoms with Crippen molar-refractivity contribution in [3.05, 3.63) is 70.5 Å². The summed E-state index contributed by atoms with van der Waals surface area (Å²) in [5, 5.41) is 0.469. The van der Waals surface area contributed by atoms with Crippen LogP contribution in [0.2, 0.25) is 0 Å². The maximum Gasteiger partial charge on any atom is 0.266 e. The van der Waals surface area contributed by atoms with Gasteiger partial charge < -0.3 is 9.64 Å². The molecule has 0 radical (unpaired) electrons. The molecule has 2 aromatic carbocycles. The number of benzene rings is 2. The van der Waals surface area contributed by atoms with E-state index in [0.717, 1.165) is 12.8 Å². The van der Waals surface area contributed by atoms with Gasteiger partial charge in [0.1, 0.15) is 11.6 Å². The Morgan fingerprint density at radius 2 is 1.88 bits per heavy atom. The lowest BCUT2D eigenvalue weighted by Gasteiger charge is -2.32. The van der Waals surface area contributed by atoms with Crippen molar-refractivity contribution in [1.82, 2.24) is 14.5 Å². The summed E-state index contributed by atoms with van der Waals surface area (Å²) in [6.07, 6.45) is 2.68. The van der Waals surface area contributed by atoms with Crippen LogP contribution in [-0.2, 0) is 9.53 Å². The molecule has 6 nitrogen and oxygen atoms in total. The first kappa shape index (κ1) is 23.6. The number of nitrogens with zero attached hydrogens (tertiary/aromatic N) is 3. The fourth-order valence-electron chi connectivity index (χ4n) is 3.87. The van der Waals surface area contributed by atoms with Gasteiger partial charge in [0.05, 0.1) is 29.2 Å². The van der Waals surface area contributed by atoms with E-state index in [0.29, 0.717) is 48.4 Å². The van der Waals surface area contributed by atoms with Gasteiger partial charge in [0.15, 0.2) is 0 Å². The van der Waals surface area contributed by atoms with Crippen LogP contribution >= 0.6 is 0 Å². The molecule has 0 aliphatic rings. The predicted octanol–water partition coefficient (Wildman–Crippen LogP) is 4.64. The van der Waals surface area contributed by atoms with Gasteiger partial charge in [0, 0.05) is 20.1 Å². The number of fused-ring (bicyclic) bond motifs is 1. The highest BCUT2D eigenvalue weighted by Crippen LogP contribution is 2.27. The lowest BCUT2D eigenvalue weighted by molar-refractivity contribution is -0.135. The average molecular weight is 440 g/mol. The van der Waals surface area contributed by atoms with E-state index in [1.807, 2.05) is 19.9 Å². The molecule has 1 aromatic heterocycles. The smallest absolute Gasteiger partial charge is 0.266 e. The number of hydrogen-bond acceptors (Lipinski definition) is 4. The van der Waals surface area contributed by atoms with Crippen molar-refractivity contribution < 1.29 is 13.9 Å². The molecule has 0 saturated carbocycles. The third kappa shape index (κ3) is 5.05. The van der Waals surface area contributed by atoms with Crippen LogP contribution in [0.5, 0.6) is 0 Å². The number of hydrogen-bond donors (Lipinski definition) is 0. The largest absolute Gasteiger partial charge is 0.383 e. The summed E-state index contributed by atoms with van der Waals surface area (Å²) in [4.78, 5) is 33.3. The Hall–Kier alpha value is -3.06. The Kier molecular flexibility index (Phi) is 8.11. The molecule has 3 aromatic rings. The van der Waals surface area contributed by atoms with Gasteiger partial charge in [0.2, 0.25) is 5.91 Å². The minimum absolute atomic E-state index is 0.00353. The van der Waals surface area contributed by atoms with Crippen molar-refractivity contribution in [1.29, 1.82) is 0 Å². The summed E-state index contributed by atoms with van der Waals surface area (Å²) >= 11 is 0. The molecule has 1 heterocycles. The summed E-state index contributed by atoms with van der Waals surface area (Å²) in [5.74, 6) is 0.0770. The predicted molar refractivity (Wildman–Crippen MR) is 123 cm³/mol. The first-order chi connectivity index (χ1) is 15.5. The van der Waals surface area contributed by atoms with Crippen molar-refractivity contribution in [2.45, 2.75) is 45.6 Å². The Morgan fingerprint density at radius 3 is 2.53 bits per heavy atom. The van der Waals surface area contributed by atoms with Gasteiger partial charge in [-0.05, 0) is 49.2 Å².